The smallest absolute Gasteiger partial charge is 0.0789 e. The third-order valence-corrected chi connectivity index (χ3v) is 2.59. The minimum absolute atomic E-state index is 0.443. The van der Waals surface area contributed by atoms with Crippen LogP contribution in [0.3, 0.4) is 0 Å². The summed E-state index contributed by atoms with van der Waals surface area (Å²) >= 11 is 0. The Bertz CT molecular complexity index is 359. The number of benzene rings is 1. The zero-order valence-electron chi connectivity index (χ0n) is 8.75. The molecule has 0 unspecified atom stereocenters. The Morgan fingerprint density at radius 2 is 2.00 bits per heavy atom. The molecule has 0 N–H and O–H groups in total. The van der Waals surface area contributed by atoms with Gasteiger partial charge in [0, 0.05) is 0 Å². The lowest BCUT2D eigenvalue weighted by Crippen LogP contribution is -2.18. The van der Waals surface area contributed by atoms with Gasteiger partial charge in [-0.15, -0.1) is 0 Å². The highest BCUT2D eigenvalue weighted by atomic mass is 14.4. The Balaban J connectivity index is 2.88. The van der Waals surface area contributed by atoms with Crippen LogP contribution in [0.4, 0.5) is 0 Å². The van der Waals surface area contributed by atoms with E-state index >= 15 is 0 Å². The maximum absolute atomic E-state index is 9.11. The summed E-state index contributed by atoms with van der Waals surface area (Å²) in [5, 5.41) is 9.11. The largest absolute Gasteiger partial charge is 0.197 e. The van der Waals surface area contributed by atoms with E-state index < -0.39 is 5.41 Å². The number of hydrogen-bond acceptors (Lipinski definition) is 1. The number of nitriles is 1. The van der Waals surface area contributed by atoms with Crippen LogP contribution >= 0.6 is 0 Å². The predicted molar refractivity (Wildman–Crippen MR) is 58.7 cm³/mol. The third-order valence-electron chi connectivity index (χ3n) is 2.59. The fourth-order valence-corrected chi connectivity index (χ4v) is 1.29. The van der Waals surface area contributed by atoms with E-state index in [1.165, 1.54) is 5.56 Å². The second-order valence-electron chi connectivity index (χ2n) is 3.89. The molecule has 0 saturated carbocycles. The SMILES string of the molecule is C=C(C)[C@](C)(C#N)Cc1ccccc1. The van der Waals surface area contributed by atoms with Crippen molar-refractivity contribution >= 4 is 0 Å². The minimum Gasteiger partial charge on any atom is -0.197 e. The normalized spacial score (nSPS) is 14.1. The zero-order chi connectivity index (χ0) is 10.6. The molecule has 0 amide bonds. The second kappa shape index (κ2) is 4.11. The van der Waals surface area contributed by atoms with E-state index in [1.807, 2.05) is 44.2 Å². The van der Waals surface area contributed by atoms with E-state index in [9.17, 15) is 0 Å². The Kier molecular flexibility index (Phi) is 3.09. The van der Waals surface area contributed by atoms with Crippen molar-refractivity contribution in [2.45, 2.75) is 20.3 Å². The summed E-state index contributed by atoms with van der Waals surface area (Å²) in [6.45, 7) is 7.71. The van der Waals surface area contributed by atoms with Crippen LogP contribution in [0.15, 0.2) is 42.5 Å². The molecule has 1 rings (SSSR count). The molecule has 0 aliphatic heterocycles. The van der Waals surface area contributed by atoms with E-state index in [0.717, 1.165) is 12.0 Å². The van der Waals surface area contributed by atoms with E-state index in [2.05, 4.69) is 12.6 Å². The van der Waals surface area contributed by atoms with Crippen LogP contribution < -0.4 is 0 Å². The van der Waals surface area contributed by atoms with Gasteiger partial charge in [0.1, 0.15) is 0 Å². The summed E-state index contributed by atoms with van der Waals surface area (Å²) in [5.74, 6) is 0. The van der Waals surface area contributed by atoms with Crippen molar-refractivity contribution < 1.29 is 0 Å². The molecular formula is C13H15N. The van der Waals surface area contributed by atoms with Crippen LogP contribution in [0, 0.1) is 16.7 Å². The van der Waals surface area contributed by atoms with Gasteiger partial charge in [-0.3, -0.25) is 0 Å². The summed E-state index contributed by atoms with van der Waals surface area (Å²) < 4.78 is 0. The Morgan fingerprint density at radius 1 is 1.43 bits per heavy atom. The van der Waals surface area contributed by atoms with Crippen LogP contribution in [0.2, 0.25) is 0 Å². The molecule has 1 atom stereocenters. The molecule has 0 fully saturated rings. The fourth-order valence-electron chi connectivity index (χ4n) is 1.29. The molecule has 1 nitrogen and oxygen atoms in total. The van der Waals surface area contributed by atoms with Crippen molar-refractivity contribution in [2.24, 2.45) is 5.41 Å². The topological polar surface area (TPSA) is 23.8 Å². The highest BCUT2D eigenvalue weighted by molar-refractivity contribution is 5.25. The highest BCUT2D eigenvalue weighted by Crippen LogP contribution is 2.28. The molecule has 0 radical (unpaired) electrons. The van der Waals surface area contributed by atoms with Crippen LogP contribution in [0.25, 0.3) is 0 Å². The lowest BCUT2D eigenvalue weighted by atomic mass is 9.80. The summed E-state index contributed by atoms with van der Waals surface area (Å²) in [6.07, 6.45) is 0.736. The van der Waals surface area contributed by atoms with Crippen LogP contribution in [0.1, 0.15) is 19.4 Å². The van der Waals surface area contributed by atoms with Crippen LogP contribution in [-0.4, -0.2) is 0 Å². The quantitative estimate of drug-likeness (QED) is 0.662. The Morgan fingerprint density at radius 3 is 2.43 bits per heavy atom. The fraction of sp³-hybridized carbons (Fsp3) is 0.308. The maximum Gasteiger partial charge on any atom is 0.0789 e. The Hall–Kier alpha value is -1.55. The first-order valence-electron chi connectivity index (χ1n) is 4.69. The van der Waals surface area contributed by atoms with Crippen molar-refractivity contribution in [1.29, 1.82) is 5.26 Å². The van der Waals surface area contributed by atoms with Crippen LogP contribution in [0.5, 0.6) is 0 Å². The molecule has 0 bridgehead atoms. The van der Waals surface area contributed by atoms with Gasteiger partial charge in [-0.05, 0) is 25.8 Å². The lowest BCUT2D eigenvalue weighted by Gasteiger charge is -2.21. The van der Waals surface area contributed by atoms with Crippen molar-refractivity contribution in [3.63, 3.8) is 0 Å². The van der Waals surface area contributed by atoms with Crippen molar-refractivity contribution in [2.75, 3.05) is 0 Å². The van der Waals surface area contributed by atoms with Crippen molar-refractivity contribution in [1.82, 2.24) is 0 Å². The predicted octanol–water partition coefficient (Wildman–Crippen LogP) is 3.34. The minimum atomic E-state index is -0.443. The summed E-state index contributed by atoms with van der Waals surface area (Å²) in [6, 6.07) is 12.4. The highest BCUT2D eigenvalue weighted by Gasteiger charge is 2.24. The van der Waals surface area contributed by atoms with E-state index in [1.54, 1.807) is 0 Å². The van der Waals surface area contributed by atoms with E-state index in [-0.39, 0.29) is 0 Å². The van der Waals surface area contributed by atoms with Gasteiger partial charge in [0.25, 0.3) is 0 Å². The molecule has 1 aromatic carbocycles. The molecule has 0 aliphatic rings. The van der Waals surface area contributed by atoms with Crippen LogP contribution in [-0.2, 0) is 6.42 Å². The molecule has 0 saturated heterocycles. The van der Waals surface area contributed by atoms with Gasteiger partial charge in [-0.2, -0.15) is 5.26 Å². The molecule has 72 valence electrons. The van der Waals surface area contributed by atoms with E-state index in [4.69, 9.17) is 5.26 Å². The number of hydrogen-bond donors (Lipinski definition) is 0. The average Bonchev–Trinajstić information content (AvgIpc) is 2.19. The van der Waals surface area contributed by atoms with Crippen molar-refractivity contribution in [3.05, 3.63) is 48.0 Å². The molecule has 1 heteroatoms. The van der Waals surface area contributed by atoms with Gasteiger partial charge in [0.15, 0.2) is 0 Å². The monoisotopic (exact) mass is 185 g/mol. The van der Waals surface area contributed by atoms with Crippen molar-refractivity contribution in [3.8, 4) is 6.07 Å². The van der Waals surface area contributed by atoms with Gasteiger partial charge < -0.3 is 0 Å². The molecule has 0 aliphatic carbocycles. The number of nitrogens with zero attached hydrogens (tertiary/aromatic N) is 1. The maximum atomic E-state index is 9.11. The number of rotatable bonds is 3. The summed E-state index contributed by atoms with van der Waals surface area (Å²) in [5.41, 5.74) is 1.66. The first kappa shape index (κ1) is 10.5. The molecule has 14 heavy (non-hydrogen) atoms. The van der Waals surface area contributed by atoms with E-state index in [0.29, 0.717) is 0 Å². The van der Waals surface area contributed by atoms with Gasteiger partial charge in [-0.1, -0.05) is 42.5 Å². The first-order valence-corrected chi connectivity index (χ1v) is 4.69. The average molecular weight is 185 g/mol. The lowest BCUT2D eigenvalue weighted by molar-refractivity contribution is 0.528. The van der Waals surface area contributed by atoms with Gasteiger partial charge >= 0.3 is 0 Å². The van der Waals surface area contributed by atoms with Gasteiger partial charge in [0.2, 0.25) is 0 Å². The molecule has 1 aromatic rings. The summed E-state index contributed by atoms with van der Waals surface area (Å²) in [7, 11) is 0. The summed E-state index contributed by atoms with van der Waals surface area (Å²) in [4.78, 5) is 0. The molecule has 0 heterocycles. The number of allylic oxidation sites excluding steroid dienone is 1. The molecule has 0 spiro atoms. The third kappa shape index (κ3) is 2.23. The second-order valence-corrected chi connectivity index (χ2v) is 3.89. The zero-order valence-corrected chi connectivity index (χ0v) is 8.75. The van der Waals surface area contributed by atoms with Gasteiger partial charge in [-0.25, -0.2) is 0 Å². The Labute approximate surface area is 85.7 Å². The first-order chi connectivity index (χ1) is 6.58. The van der Waals surface area contributed by atoms with Gasteiger partial charge in [0.05, 0.1) is 11.5 Å². The standard InChI is InChI=1S/C13H15N/c1-11(2)13(3,10-14)9-12-7-5-4-6-8-12/h4-8H,1,9H2,2-3H3/t13-/m0/s1. The molecular weight excluding hydrogens is 170 g/mol. The molecule has 0 aromatic heterocycles.